The number of hydrogen-bond acceptors (Lipinski definition) is 5. The maximum atomic E-state index is 13.4. The van der Waals surface area contributed by atoms with Crippen LogP contribution in [0.15, 0.2) is 60.7 Å². The topological polar surface area (TPSA) is 84.7 Å². The summed E-state index contributed by atoms with van der Waals surface area (Å²) in [7, 11) is 0. The normalized spacial score (nSPS) is 22.0. The highest BCUT2D eigenvalue weighted by Crippen LogP contribution is 2.39. The maximum Gasteiger partial charge on any atom is 0.278 e. The summed E-state index contributed by atoms with van der Waals surface area (Å²) in [5.74, 6) is 0.101. The van der Waals surface area contributed by atoms with Crippen molar-refractivity contribution in [1.29, 1.82) is 0 Å². The minimum atomic E-state index is -0.433. The van der Waals surface area contributed by atoms with Crippen molar-refractivity contribution in [3.63, 3.8) is 0 Å². The molecule has 0 saturated carbocycles. The van der Waals surface area contributed by atoms with Crippen LogP contribution in [0.1, 0.15) is 48.5 Å². The molecule has 0 aromatic heterocycles. The Morgan fingerprint density at radius 3 is 2.35 bits per heavy atom. The van der Waals surface area contributed by atoms with Crippen LogP contribution < -0.4 is 10.1 Å². The number of rotatable bonds is 7. The first-order chi connectivity index (χ1) is 16.5. The Kier molecular flexibility index (Phi) is 6.20. The molecule has 1 amide bonds. The highest BCUT2D eigenvalue weighted by Gasteiger charge is 2.41. The van der Waals surface area contributed by atoms with Crippen LogP contribution in [0.5, 0.6) is 5.75 Å². The van der Waals surface area contributed by atoms with Gasteiger partial charge in [-0.25, -0.2) is 0 Å². The molecule has 2 heterocycles. The van der Waals surface area contributed by atoms with Crippen LogP contribution in [-0.4, -0.2) is 40.5 Å². The van der Waals surface area contributed by atoms with E-state index < -0.39 is 4.92 Å². The van der Waals surface area contributed by atoms with E-state index in [9.17, 15) is 14.9 Å². The predicted molar refractivity (Wildman–Crippen MR) is 131 cm³/mol. The summed E-state index contributed by atoms with van der Waals surface area (Å²) in [6.07, 6.45) is 4.04. The van der Waals surface area contributed by atoms with Crippen molar-refractivity contribution in [2.45, 2.75) is 57.3 Å². The molecule has 0 spiro atoms. The highest BCUT2D eigenvalue weighted by molar-refractivity contribution is 6.07. The number of nitrogens with one attached hydrogen (secondary N) is 1. The highest BCUT2D eigenvalue weighted by atomic mass is 16.6. The molecule has 176 valence electrons. The molecule has 3 aromatic rings. The van der Waals surface area contributed by atoms with Gasteiger partial charge in [-0.05, 0) is 44.2 Å². The van der Waals surface area contributed by atoms with Gasteiger partial charge < -0.3 is 10.1 Å². The average Bonchev–Trinajstić information content (AvgIpc) is 3.07. The number of piperidine rings is 1. The summed E-state index contributed by atoms with van der Waals surface area (Å²) < 4.78 is 5.84. The van der Waals surface area contributed by atoms with Crippen LogP contribution in [-0.2, 0) is 6.54 Å². The largest absolute Gasteiger partial charge is 0.492 e. The lowest BCUT2D eigenvalue weighted by Gasteiger charge is -2.39. The van der Waals surface area contributed by atoms with Crippen molar-refractivity contribution in [2.24, 2.45) is 0 Å². The monoisotopic (exact) mass is 459 g/mol. The first kappa shape index (κ1) is 22.3. The third-order valence-corrected chi connectivity index (χ3v) is 7.13. The Morgan fingerprint density at radius 2 is 1.71 bits per heavy atom. The van der Waals surface area contributed by atoms with Crippen LogP contribution in [0, 0.1) is 10.1 Å². The molecule has 1 N–H and O–H groups in total. The van der Waals surface area contributed by atoms with Crippen molar-refractivity contribution in [2.75, 3.05) is 6.61 Å². The van der Waals surface area contributed by atoms with Gasteiger partial charge in [0.2, 0.25) is 0 Å². The van der Waals surface area contributed by atoms with Gasteiger partial charge in [0, 0.05) is 36.1 Å². The maximum absolute atomic E-state index is 13.4. The number of non-ortho nitro benzene ring substituents is 1. The second kappa shape index (κ2) is 9.43. The van der Waals surface area contributed by atoms with E-state index in [-0.39, 0.29) is 23.2 Å². The third-order valence-electron chi connectivity index (χ3n) is 7.13. The van der Waals surface area contributed by atoms with Crippen molar-refractivity contribution in [1.82, 2.24) is 10.2 Å². The Bertz CT molecular complexity index is 1200. The Hall–Kier alpha value is -3.45. The van der Waals surface area contributed by atoms with E-state index in [0.717, 1.165) is 32.2 Å². The van der Waals surface area contributed by atoms with Gasteiger partial charge in [-0.1, -0.05) is 48.5 Å². The molecule has 2 aliphatic heterocycles. The number of benzene rings is 3. The number of nitro groups is 1. The Morgan fingerprint density at radius 1 is 1.06 bits per heavy atom. The molecule has 34 heavy (non-hydrogen) atoms. The second-order valence-electron chi connectivity index (χ2n) is 9.19. The lowest BCUT2D eigenvalue weighted by atomic mass is 9.95. The van der Waals surface area contributed by atoms with E-state index in [2.05, 4.69) is 34.5 Å². The molecule has 5 rings (SSSR count). The minimum Gasteiger partial charge on any atom is -0.492 e. The van der Waals surface area contributed by atoms with Crippen LogP contribution in [0.4, 0.5) is 5.69 Å². The fourth-order valence-electron chi connectivity index (χ4n) is 5.66. The van der Waals surface area contributed by atoms with Gasteiger partial charge in [-0.3, -0.25) is 19.8 Å². The van der Waals surface area contributed by atoms with Crippen molar-refractivity contribution < 1.29 is 14.5 Å². The number of fused-ring (bicyclic) bond motifs is 3. The molecule has 2 aliphatic rings. The first-order valence-corrected chi connectivity index (χ1v) is 12.0. The summed E-state index contributed by atoms with van der Waals surface area (Å²) in [4.78, 5) is 27.3. The van der Waals surface area contributed by atoms with Gasteiger partial charge in [0.25, 0.3) is 11.6 Å². The van der Waals surface area contributed by atoms with E-state index in [1.54, 1.807) is 24.3 Å². The molecule has 7 nitrogen and oxygen atoms in total. The predicted octanol–water partition coefficient (Wildman–Crippen LogP) is 5.07. The number of nitro benzene ring substituents is 1. The van der Waals surface area contributed by atoms with Crippen LogP contribution in [0.3, 0.4) is 0 Å². The summed E-state index contributed by atoms with van der Waals surface area (Å²) in [5, 5.41) is 16.0. The lowest BCUT2D eigenvalue weighted by Crippen LogP contribution is -2.50. The minimum absolute atomic E-state index is 0.0389. The van der Waals surface area contributed by atoms with Gasteiger partial charge in [-0.15, -0.1) is 0 Å². The van der Waals surface area contributed by atoms with Gasteiger partial charge in [0.1, 0.15) is 5.75 Å². The van der Waals surface area contributed by atoms with Crippen molar-refractivity contribution in [3.05, 3.63) is 81.9 Å². The van der Waals surface area contributed by atoms with E-state index in [0.29, 0.717) is 35.2 Å². The van der Waals surface area contributed by atoms with Crippen LogP contribution in [0.2, 0.25) is 0 Å². The van der Waals surface area contributed by atoms with E-state index >= 15 is 0 Å². The molecule has 2 unspecified atom stereocenters. The summed E-state index contributed by atoms with van der Waals surface area (Å²) >= 11 is 0. The Labute approximate surface area is 198 Å². The second-order valence-corrected chi connectivity index (χ2v) is 9.19. The van der Waals surface area contributed by atoms with Gasteiger partial charge >= 0.3 is 0 Å². The van der Waals surface area contributed by atoms with Gasteiger partial charge in [0.05, 0.1) is 22.5 Å². The zero-order chi connectivity index (χ0) is 23.7. The molecule has 0 aliphatic carbocycles. The van der Waals surface area contributed by atoms with E-state index in [4.69, 9.17) is 4.74 Å². The molecule has 2 fully saturated rings. The number of carbonyl (C=O) groups is 1. The smallest absolute Gasteiger partial charge is 0.278 e. The Balaban J connectivity index is 1.37. The standard InChI is InChI=1S/C27H29N3O4/c1-2-34-26-23-11-7-6-10-22(23)25(30(32)33)16-24(26)27(31)28-19-14-20-12-13-21(15-19)29(20)17-18-8-4-3-5-9-18/h3-11,16,19-21H,2,12-15,17H2,1H3,(H,28,31). The summed E-state index contributed by atoms with van der Waals surface area (Å²) in [6, 6.07) is 19.8. The number of hydrogen-bond donors (Lipinski definition) is 1. The molecule has 2 bridgehead atoms. The quantitative estimate of drug-likeness (QED) is 0.394. The fourth-order valence-corrected chi connectivity index (χ4v) is 5.66. The van der Waals surface area contributed by atoms with Gasteiger partial charge in [-0.2, -0.15) is 0 Å². The SMILES string of the molecule is CCOc1c(C(=O)NC2CC3CCC(C2)N3Cc2ccccc2)cc([N+](=O)[O-])c2ccccc12. The molecule has 2 saturated heterocycles. The number of ether oxygens (including phenoxy) is 1. The zero-order valence-corrected chi connectivity index (χ0v) is 19.3. The molecule has 3 aromatic carbocycles. The number of amides is 1. The van der Waals surface area contributed by atoms with Gasteiger partial charge in [0.15, 0.2) is 0 Å². The molecular weight excluding hydrogens is 430 g/mol. The number of nitrogens with zero attached hydrogens (tertiary/aromatic N) is 2. The number of carbonyl (C=O) groups excluding carboxylic acids is 1. The van der Waals surface area contributed by atoms with Crippen molar-refractivity contribution >= 4 is 22.4 Å². The first-order valence-electron chi connectivity index (χ1n) is 12.0. The van der Waals surface area contributed by atoms with E-state index in [1.807, 2.05) is 13.0 Å². The lowest BCUT2D eigenvalue weighted by molar-refractivity contribution is -0.383. The molecule has 0 radical (unpaired) electrons. The van der Waals surface area contributed by atoms with Crippen molar-refractivity contribution in [3.8, 4) is 5.75 Å². The molecular formula is C27H29N3O4. The summed E-state index contributed by atoms with van der Waals surface area (Å²) in [6.45, 7) is 3.14. The van der Waals surface area contributed by atoms with Crippen LogP contribution >= 0.6 is 0 Å². The average molecular weight is 460 g/mol. The molecule has 2 atom stereocenters. The van der Waals surface area contributed by atoms with Crippen LogP contribution in [0.25, 0.3) is 10.8 Å². The zero-order valence-electron chi connectivity index (χ0n) is 19.3. The fraction of sp³-hybridized carbons (Fsp3) is 0.370. The third kappa shape index (κ3) is 4.23. The molecule has 7 heteroatoms. The summed E-state index contributed by atoms with van der Waals surface area (Å²) in [5.41, 5.74) is 1.46. The van der Waals surface area contributed by atoms with E-state index in [1.165, 1.54) is 11.6 Å².